The second-order valence-electron chi connectivity index (χ2n) is 5.00. The van der Waals surface area contributed by atoms with E-state index >= 15 is 0 Å². The summed E-state index contributed by atoms with van der Waals surface area (Å²) >= 11 is 0. The number of nitrogens with two attached hydrogens (primary N) is 1. The first kappa shape index (κ1) is 11.3. The molecule has 0 atom stereocenters. The summed E-state index contributed by atoms with van der Waals surface area (Å²) in [6, 6.07) is 4.13. The van der Waals surface area contributed by atoms with Crippen molar-refractivity contribution in [2.24, 2.45) is 0 Å². The molecule has 0 bridgehead atoms. The van der Waals surface area contributed by atoms with E-state index in [9.17, 15) is 0 Å². The second-order valence-corrected chi connectivity index (χ2v) is 5.00. The molecule has 18 heavy (non-hydrogen) atoms. The molecular formula is C14H18N4. The number of anilines is 2. The fraction of sp³-hybridized carbons (Fsp3) is 0.429. The van der Waals surface area contributed by atoms with Gasteiger partial charge in [0, 0.05) is 18.5 Å². The first-order valence-electron chi connectivity index (χ1n) is 6.45. The Labute approximate surface area is 107 Å². The Kier molecular flexibility index (Phi) is 2.58. The number of aromatic nitrogens is 2. The van der Waals surface area contributed by atoms with Crippen LogP contribution in [-0.4, -0.2) is 23.1 Å². The van der Waals surface area contributed by atoms with Gasteiger partial charge in [-0.3, -0.25) is 0 Å². The minimum atomic E-state index is 0.368. The third kappa shape index (κ3) is 1.68. The Bertz CT molecular complexity index is 600. The topological polar surface area (TPSA) is 55.0 Å². The number of fused-ring (bicyclic) bond motifs is 1. The van der Waals surface area contributed by atoms with Crippen molar-refractivity contribution in [1.82, 2.24) is 9.97 Å². The van der Waals surface area contributed by atoms with Gasteiger partial charge < -0.3 is 10.6 Å². The number of aryl methyl sites for hydroxylation is 2. The van der Waals surface area contributed by atoms with Crippen LogP contribution in [0.2, 0.25) is 0 Å². The number of benzene rings is 1. The molecule has 1 aliphatic rings. The number of hydrogen-bond acceptors (Lipinski definition) is 4. The third-order valence-electron chi connectivity index (χ3n) is 3.80. The molecule has 94 valence electrons. The van der Waals surface area contributed by atoms with Crippen molar-refractivity contribution in [1.29, 1.82) is 0 Å². The average Bonchev–Trinajstić information content (AvgIpc) is 2.86. The standard InChI is InChI=1S/C14H18N4/c1-9-5-6-11-12(10(9)2)13(17-14(15)16-11)18-7-3-4-8-18/h5-6H,3-4,7-8H2,1-2H3,(H2,15,16,17). The quantitative estimate of drug-likeness (QED) is 0.834. The van der Waals surface area contributed by atoms with Crippen molar-refractivity contribution in [2.45, 2.75) is 26.7 Å². The summed E-state index contributed by atoms with van der Waals surface area (Å²) < 4.78 is 0. The Hall–Kier alpha value is -1.84. The van der Waals surface area contributed by atoms with E-state index in [1.54, 1.807) is 0 Å². The lowest BCUT2D eigenvalue weighted by Gasteiger charge is -2.20. The smallest absolute Gasteiger partial charge is 0.222 e. The molecule has 2 aromatic rings. The fourth-order valence-corrected chi connectivity index (χ4v) is 2.65. The van der Waals surface area contributed by atoms with Gasteiger partial charge in [-0.25, -0.2) is 4.98 Å². The van der Waals surface area contributed by atoms with Crippen molar-refractivity contribution in [3.8, 4) is 0 Å². The van der Waals surface area contributed by atoms with Crippen LogP contribution in [0, 0.1) is 13.8 Å². The highest BCUT2D eigenvalue weighted by Gasteiger charge is 2.19. The van der Waals surface area contributed by atoms with E-state index in [1.807, 2.05) is 6.07 Å². The maximum atomic E-state index is 5.83. The first-order chi connectivity index (χ1) is 8.66. The largest absolute Gasteiger partial charge is 0.368 e. The summed E-state index contributed by atoms with van der Waals surface area (Å²) in [5, 5.41) is 1.16. The fourth-order valence-electron chi connectivity index (χ4n) is 2.65. The normalized spacial score (nSPS) is 15.6. The lowest BCUT2D eigenvalue weighted by molar-refractivity contribution is 0.941. The predicted molar refractivity (Wildman–Crippen MR) is 74.9 cm³/mol. The van der Waals surface area contributed by atoms with Gasteiger partial charge in [0.2, 0.25) is 5.95 Å². The van der Waals surface area contributed by atoms with E-state index < -0.39 is 0 Å². The zero-order chi connectivity index (χ0) is 12.7. The number of hydrogen-bond donors (Lipinski definition) is 1. The molecule has 1 aromatic heterocycles. The predicted octanol–water partition coefficient (Wildman–Crippen LogP) is 2.43. The van der Waals surface area contributed by atoms with Gasteiger partial charge in [-0.05, 0) is 43.9 Å². The first-order valence-corrected chi connectivity index (χ1v) is 6.45. The van der Waals surface area contributed by atoms with E-state index in [2.05, 4.69) is 34.8 Å². The summed E-state index contributed by atoms with van der Waals surface area (Å²) in [5.74, 6) is 1.38. The van der Waals surface area contributed by atoms with Gasteiger partial charge >= 0.3 is 0 Å². The second kappa shape index (κ2) is 4.12. The molecule has 2 N–H and O–H groups in total. The van der Waals surface area contributed by atoms with Gasteiger partial charge in [0.1, 0.15) is 5.82 Å². The van der Waals surface area contributed by atoms with Crippen LogP contribution in [0.4, 0.5) is 11.8 Å². The molecule has 0 unspecified atom stereocenters. The Morgan fingerprint density at radius 1 is 1.11 bits per heavy atom. The van der Waals surface area contributed by atoms with Gasteiger partial charge in [-0.15, -0.1) is 0 Å². The Morgan fingerprint density at radius 3 is 2.56 bits per heavy atom. The SMILES string of the molecule is Cc1ccc2nc(N)nc(N3CCCC3)c2c1C. The molecule has 2 heterocycles. The van der Waals surface area contributed by atoms with Crippen molar-refractivity contribution in [3.63, 3.8) is 0 Å². The molecule has 1 fully saturated rings. The summed E-state index contributed by atoms with van der Waals surface area (Å²) in [6.45, 7) is 6.40. The summed E-state index contributed by atoms with van der Waals surface area (Å²) in [6.07, 6.45) is 2.46. The van der Waals surface area contributed by atoms with Crippen molar-refractivity contribution < 1.29 is 0 Å². The molecule has 4 nitrogen and oxygen atoms in total. The van der Waals surface area contributed by atoms with Gasteiger partial charge in [0.05, 0.1) is 5.52 Å². The van der Waals surface area contributed by atoms with Crippen LogP contribution in [0.1, 0.15) is 24.0 Å². The highest BCUT2D eigenvalue weighted by atomic mass is 15.2. The third-order valence-corrected chi connectivity index (χ3v) is 3.80. The Morgan fingerprint density at radius 2 is 1.83 bits per heavy atom. The van der Waals surface area contributed by atoms with E-state index in [0.29, 0.717) is 5.95 Å². The van der Waals surface area contributed by atoms with Crippen LogP contribution in [-0.2, 0) is 0 Å². The van der Waals surface area contributed by atoms with Gasteiger partial charge in [-0.1, -0.05) is 6.07 Å². The maximum Gasteiger partial charge on any atom is 0.222 e. The molecule has 0 radical (unpaired) electrons. The lowest BCUT2D eigenvalue weighted by atomic mass is 10.0. The van der Waals surface area contributed by atoms with Crippen LogP contribution in [0.25, 0.3) is 10.9 Å². The molecule has 1 aliphatic heterocycles. The average molecular weight is 242 g/mol. The lowest BCUT2D eigenvalue weighted by Crippen LogP contribution is -2.20. The highest BCUT2D eigenvalue weighted by Crippen LogP contribution is 2.31. The zero-order valence-corrected chi connectivity index (χ0v) is 10.9. The highest BCUT2D eigenvalue weighted by molar-refractivity contribution is 5.94. The molecule has 0 amide bonds. The summed E-state index contributed by atoms with van der Waals surface area (Å²) in [5.41, 5.74) is 9.32. The minimum absolute atomic E-state index is 0.368. The van der Waals surface area contributed by atoms with Crippen LogP contribution in [0.5, 0.6) is 0 Å². The molecule has 0 aliphatic carbocycles. The number of nitrogen functional groups attached to an aromatic ring is 1. The van der Waals surface area contributed by atoms with Crippen LogP contribution < -0.4 is 10.6 Å². The molecular weight excluding hydrogens is 224 g/mol. The van der Waals surface area contributed by atoms with Gasteiger partial charge in [-0.2, -0.15) is 4.98 Å². The van der Waals surface area contributed by atoms with Crippen LogP contribution in [0.15, 0.2) is 12.1 Å². The van der Waals surface area contributed by atoms with Crippen molar-refractivity contribution in [3.05, 3.63) is 23.3 Å². The number of rotatable bonds is 1. The molecule has 3 rings (SSSR count). The molecule has 4 heteroatoms. The van der Waals surface area contributed by atoms with Gasteiger partial charge in [0.25, 0.3) is 0 Å². The monoisotopic (exact) mass is 242 g/mol. The minimum Gasteiger partial charge on any atom is -0.368 e. The molecule has 1 saturated heterocycles. The Balaban J connectivity index is 2.30. The van der Waals surface area contributed by atoms with E-state index in [1.165, 1.54) is 24.0 Å². The maximum absolute atomic E-state index is 5.83. The molecule has 1 aromatic carbocycles. The van der Waals surface area contributed by atoms with Crippen molar-refractivity contribution in [2.75, 3.05) is 23.7 Å². The zero-order valence-electron chi connectivity index (χ0n) is 10.9. The van der Waals surface area contributed by atoms with Gasteiger partial charge in [0.15, 0.2) is 0 Å². The van der Waals surface area contributed by atoms with Crippen LogP contribution >= 0.6 is 0 Å². The van der Waals surface area contributed by atoms with E-state index in [4.69, 9.17) is 5.73 Å². The van der Waals surface area contributed by atoms with Crippen molar-refractivity contribution >= 4 is 22.7 Å². The molecule has 0 saturated carbocycles. The van der Waals surface area contributed by atoms with E-state index in [-0.39, 0.29) is 0 Å². The summed E-state index contributed by atoms with van der Waals surface area (Å²) in [4.78, 5) is 11.2. The summed E-state index contributed by atoms with van der Waals surface area (Å²) in [7, 11) is 0. The number of nitrogens with zero attached hydrogens (tertiary/aromatic N) is 3. The van der Waals surface area contributed by atoms with E-state index in [0.717, 1.165) is 29.8 Å². The van der Waals surface area contributed by atoms with Crippen LogP contribution in [0.3, 0.4) is 0 Å². The molecule has 0 spiro atoms.